The van der Waals surface area contributed by atoms with Crippen molar-refractivity contribution in [2.24, 2.45) is 5.73 Å². The highest BCUT2D eigenvalue weighted by atomic mass is 32.1. The quantitative estimate of drug-likeness (QED) is 0.614. The van der Waals surface area contributed by atoms with Gasteiger partial charge in [-0.2, -0.15) is 0 Å². The van der Waals surface area contributed by atoms with Gasteiger partial charge in [0.15, 0.2) is 0 Å². The number of hydrogen-bond donors (Lipinski definition) is 1. The molecule has 19 heavy (non-hydrogen) atoms. The maximum Gasteiger partial charge on any atom is 0.229 e. The number of hydrogen-bond acceptors (Lipinski definition) is 3. The summed E-state index contributed by atoms with van der Waals surface area (Å²) in [6.45, 7) is 3.19. The van der Waals surface area contributed by atoms with Crippen molar-refractivity contribution in [1.82, 2.24) is 0 Å². The number of nitrogens with zero attached hydrogens (tertiary/aromatic N) is 1. The van der Waals surface area contributed by atoms with Gasteiger partial charge in [0.2, 0.25) is 5.91 Å². The molecule has 2 N–H and O–H groups in total. The van der Waals surface area contributed by atoms with E-state index in [0.29, 0.717) is 24.6 Å². The smallest absolute Gasteiger partial charge is 0.229 e. The van der Waals surface area contributed by atoms with Gasteiger partial charge in [-0.15, -0.1) is 0 Å². The zero-order valence-electron chi connectivity index (χ0n) is 11.4. The molecule has 4 nitrogen and oxygen atoms in total. The Morgan fingerprint density at radius 1 is 1.32 bits per heavy atom. The minimum Gasteiger partial charge on any atom is -0.389 e. The van der Waals surface area contributed by atoms with Crippen molar-refractivity contribution in [2.45, 2.75) is 19.8 Å². The molecule has 0 fully saturated rings. The largest absolute Gasteiger partial charge is 0.389 e. The summed E-state index contributed by atoms with van der Waals surface area (Å²) in [4.78, 5) is 13.9. The average Bonchev–Trinajstić information content (AvgIpc) is 2.42. The molecule has 0 aliphatic carbocycles. The molecule has 0 bridgehead atoms. The molecule has 0 spiro atoms. The summed E-state index contributed by atoms with van der Waals surface area (Å²) in [7, 11) is 1.75. The minimum absolute atomic E-state index is 0.0270. The second-order valence-corrected chi connectivity index (χ2v) is 4.67. The lowest BCUT2D eigenvalue weighted by Crippen LogP contribution is -2.27. The number of amides is 1. The number of nitrogens with two attached hydrogens (primary N) is 1. The van der Waals surface area contributed by atoms with Gasteiger partial charge in [0.1, 0.15) is 4.99 Å². The van der Waals surface area contributed by atoms with Crippen molar-refractivity contribution < 1.29 is 9.53 Å². The van der Waals surface area contributed by atoms with Crippen LogP contribution in [0.1, 0.15) is 25.3 Å². The number of rotatable bonds is 7. The third-order valence-electron chi connectivity index (χ3n) is 2.72. The Morgan fingerprint density at radius 3 is 2.47 bits per heavy atom. The Kier molecular flexibility index (Phi) is 6.45. The van der Waals surface area contributed by atoms with E-state index < -0.39 is 0 Å². The third-order valence-corrected chi connectivity index (χ3v) is 2.96. The summed E-state index contributed by atoms with van der Waals surface area (Å²) in [6, 6.07) is 7.29. The molecule has 0 heterocycles. The number of ether oxygens (including phenoxy) is 1. The second kappa shape index (κ2) is 7.86. The highest BCUT2D eigenvalue weighted by Gasteiger charge is 2.10. The van der Waals surface area contributed by atoms with Gasteiger partial charge in [0.05, 0.1) is 13.0 Å². The Hall–Kier alpha value is -1.46. The molecule has 0 radical (unpaired) electrons. The number of carbonyl (C=O) groups excluding carboxylic acids is 1. The normalized spacial score (nSPS) is 10.2. The zero-order chi connectivity index (χ0) is 14.3. The van der Waals surface area contributed by atoms with E-state index in [2.05, 4.69) is 0 Å². The van der Waals surface area contributed by atoms with E-state index >= 15 is 0 Å². The standard InChI is InChI=1S/C14H20N2O2S/c1-3-9-18-10-8-13(17)16(2)12-6-4-11(5-7-12)14(15)19/h4-7H,3,8-10H2,1-2H3,(H2,15,19). The summed E-state index contributed by atoms with van der Waals surface area (Å²) in [5.74, 6) is 0.0270. The lowest BCUT2D eigenvalue weighted by molar-refractivity contribution is -0.119. The first kappa shape index (κ1) is 15.6. The summed E-state index contributed by atoms with van der Waals surface area (Å²) in [6.07, 6.45) is 1.35. The highest BCUT2D eigenvalue weighted by Crippen LogP contribution is 2.14. The van der Waals surface area contributed by atoms with Crippen LogP contribution in [0.3, 0.4) is 0 Å². The van der Waals surface area contributed by atoms with Gasteiger partial charge >= 0.3 is 0 Å². The Morgan fingerprint density at radius 2 is 1.95 bits per heavy atom. The van der Waals surface area contributed by atoms with E-state index in [1.807, 2.05) is 31.2 Å². The van der Waals surface area contributed by atoms with Gasteiger partial charge < -0.3 is 15.4 Å². The van der Waals surface area contributed by atoms with E-state index in [-0.39, 0.29) is 5.91 Å². The van der Waals surface area contributed by atoms with Crippen LogP contribution in [0.5, 0.6) is 0 Å². The number of benzene rings is 1. The van der Waals surface area contributed by atoms with E-state index in [4.69, 9.17) is 22.7 Å². The summed E-state index contributed by atoms with van der Waals surface area (Å²) in [5, 5.41) is 0. The molecule has 0 unspecified atom stereocenters. The van der Waals surface area contributed by atoms with Crippen LogP contribution in [0, 0.1) is 0 Å². The number of anilines is 1. The highest BCUT2D eigenvalue weighted by molar-refractivity contribution is 7.80. The predicted molar refractivity (Wildman–Crippen MR) is 81.5 cm³/mol. The first-order chi connectivity index (χ1) is 9.06. The number of thiocarbonyl (C=S) groups is 1. The molecule has 0 aliphatic heterocycles. The summed E-state index contributed by atoms with van der Waals surface area (Å²) < 4.78 is 5.31. The topological polar surface area (TPSA) is 55.6 Å². The van der Waals surface area contributed by atoms with Gasteiger partial charge in [-0.1, -0.05) is 19.1 Å². The Bertz CT molecular complexity index is 432. The minimum atomic E-state index is 0.0270. The first-order valence-corrected chi connectivity index (χ1v) is 6.71. The molecule has 1 aromatic rings. The fraction of sp³-hybridized carbons (Fsp3) is 0.429. The third kappa shape index (κ3) is 4.96. The summed E-state index contributed by atoms with van der Waals surface area (Å²) in [5.41, 5.74) is 7.15. The molecule has 0 saturated carbocycles. The molecule has 1 rings (SSSR count). The van der Waals surface area contributed by atoms with E-state index in [1.54, 1.807) is 11.9 Å². The molecule has 104 valence electrons. The lowest BCUT2D eigenvalue weighted by Gasteiger charge is -2.17. The van der Waals surface area contributed by atoms with Crippen LogP contribution in [-0.2, 0) is 9.53 Å². The van der Waals surface area contributed by atoms with Crippen molar-refractivity contribution in [3.8, 4) is 0 Å². The van der Waals surface area contributed by atoms with Gasteiger partial charge in [0.25, 0.3) is 0 Å². The predicted octanol–water partition coefficient (Wildman–Crippen LogP) is 2.10. The van der Waals surface area contributed by atoms with Crippen LogP contribution in [0.2, 0.25) is 0 Å². The molecule has 0 atom stereocenters. The van der Waals surface area contributed by atoms with Crippen molar-refractivity contribution in [3.05, 3.63) is 29.8 Å². The van der Waals surface area contributed by atoms with E-state index in [0.717, 1.165) is 17.7 Å². The molecule has 0 aliphatic rings. The van der Waals surface area contributed by atoms with E-state index in [1.165, 1.54) is 0 Å². The SMILES string of the molecule is CCCOCCC(=O)N(C)c1ccc(C(N)=S)cc1. The fourth-order valence-electron chi connectivity index (χ4n) is 1.57. The van der Waals surface area contributed by atoms with Crippen molar-refractivity contribution in [3.63, 3.8) is 0 Å². The van der Waals surface area contributed by atoms with Crippen molar-refractivity contribution >= 4 is 28.8 Å². The first-order valence-electron chi connectivity index (χ1n) is 6.30. The Labute approximate surface area is 119 Å². The van der Waals surface area contributed by atoms with Crippen LogP contribution in [0.25, 0.3) is 0 Å². The maximum atomic E-state index is 11.9. The molecule has 1 amide bonds. The maximum absolute atomic E-state index is 11.9. The molecular formula is C14H20N2O2S. The van der Waals surface area contributed by atoms with Crippen LogP contribution in [-0.4, -0.2) is 31.2 Å². The van der Waals surface area contributed by atoms with Gasteiger partial charge in [-0.25, -0.2) is 0 Å². The van der Waals surface area contributed by atoms with Crippen LogP contribution < -0.4 is 10.6 Å². The van der Waals surface area contributed by atoms with Crippen molar-refractivity contribution in [2.75, 3.05) is 25.2 Å². The van der Waals surface area contributed by atoms with E-state index in [9.17, 15) is 4.79 Å². The molecule has 5 heteroatoms. The van der Waals surface area contributed by atoms with Gasteiger partial charge in [-0.3, -0.25) is 4.79 Å². The van der Waals surface area contributed by atoms with Crippen molar-refractivity contribution in [1.29, 1.82) is 0 Å². The molecule has 1 aromatic carbocycles. The zero-order valence-corrected chi connectivity index (χ0v) is 12.2. The van der Waals surface area contributed by atoms with Gasteiger partial charge in [0, 0.05) is 24.9 Å². The molecule has 0 aromatic heterocycles. The van der Waals surface area contributed by atoms with Crippen LogP contribution >= 0.6 is 12.2 Å². The summed E-state index contributed by atoms with van der Waals surface area (Å²) >= 11 is 4.89. The fourth-order valence-corrected chi connectivity index (χ4v) is 1.70. The monoisotopic (exact) mass is 280 g/mol. The molecular weight excluding hydrogens is 260 g/mol. The van der Waals surface area contributed by atoms with Gasteiger partial charge in [-0.05, 0) is 30.7 Å². The number of carbonyl (C=O) groups is 1. The average molecular weight is 280 g/mol. The lowest BCUT2D eigenvalue weighted by atomic mass is 10.2. The Balaban J connectivity index is 2.54. The second-order valence-electron chi connectivity index (χ2n) is 4.23. The van der Waals surface area contributed by atoms with Crippen LogP contribution in [0.15, 0.2) is 24.3 Å². The van der Waals surface area contributed by atoms with Crippen LogP contribution in [0.4, 0.5) is 5.69 Å². The molecule has 0 saturated heterocycles.